The fraction of sp³-hybridized carbons (Fsp3) is 0.444. The second-order valence-corrected chi connectivity index (χ2v) is 3.09. The van der Waals surface area contributed by atoms with Crippen molar-refractivity contribution in [2.24, 2.45) is 0 Å². The lowest BCUT2D eigenvalue weighted by atomic mass is 10.1. The average molecular weight is 164 g/mol. The number of hydrogen-bond acceptors (Lipinski definition) is 3. The Morgan fingerprint density at radius 1 is 1.58 bits per heavy atom. The van der Waals surface area contributed by atoms with Crippen LogP contribution in [0.2, 0.25) is 0 Å². The summed E-state index contributed by atoms with van der Waals surface area (Å²) in [7, 11) is 2.11. The summed E-state index contributed by atoms with van der Waals surface area (Å²) in [5, 5.41) is 0. The third-order valence-electron chi connectivity index (χ3n) is 2.05. The van der Waals surface area contributed by atoms with Gasteiger partial charge in [0, 0.05) is 18.7 Å². The lowest BCUT2D eigenvalue weighted by molar-refractivity contribution is 0.367. The van der Waals surface area contributed by atoms with E-state index in [0.717, 1.165) is 25.4 Å². The van der Waals surface area contributed by atoms with E-state index in [9.17, 15) is 0 Å². The van der Waals surface area contributed by atoms with Crippen molar-refractivity contribution in [2.45, 2.75) is 6.42 Å². The van der Waals surface area contributed by atoms with Crippen molar-refractivity contribution in [3.8, 4) is 0 Å². The van der Waals surface area contributed by atoms with Gasteiger partial charge >= 0.3 is 0 Å². The summed E-state index contributed by atoms with van der Waals surface area (Å²) in [4.78, 5) is 6.38. The van der Waals surface area contributed by atoms with Crippen LogP contribution in [0.15, 0.2) is 23.0 Å². The Morgan fingerprint density at radius 2 is 2.50 bits per heavy atom. The predicted molar refractivity (Wildman–Crippen MR) is 46.6 cm³/mol. The molecule has 0 atom stereocenters. The number of likely N-dealkylation sites (N-methyl/N-ethyl adjacent to an activating group) is 1. The average Bonchev–Trinajstić information content (AvgIpc) is 2.56. The van der Waals surface area contributed by atoms with Crippen LogP contribution in [0.3, 0.4) is 0 Å². The maximum atomic E-state index is 5.22. The predicted octanol–water partition coefficient (Wildman–Crippen LogP) is 1.39. The van der Waals surface area contributed by atoms with E-state index in [1.165, 1.54) is 5.57 Å². The topological polar surface area (TPSA) is 29.3 Å². The van der Waals surface area contributed by atoms with Crippen molar-refractivity contribution in [2.75, 3.05) is 20.1 Å². The van der Waals surface area contributed by atoms with Crippen molar-refractivity contribution < 1.29 is 4.42 Å². The summed E-state index contributed by atoms with van der Waals surface area (Å²) in [6.45, 7) is 2.07. The molecule has 0 fully saturated rings. The van der Waals surface area contributed by atoms with Gasteiger partial charge in [-0.3, -0.25) is 0 Å². The molecule has 0 N–H and O–H groups in total. The highest BCUT2D eigenvalue weighted by Gasteiger charge is 2.12. The molecule has 3 nitrogen and oxygen atoms in total. The van der Waals surface area contributed by atoms with Gasteiger partial charge in [-0.05, 0) is 13.5 Å². The first-order valence-electron chi connectivity index (χ1n) is 4.14. The second kappa shape index (κ2) is 3.11. The van der Waals surface area contributed by atoms with Crippen LogP contribution in [0.1, 0.15) is 12.3 Å². The van der Waals surface area contributed by atoms with Crippen LogP contribution in [-0.4, -0.2) is 30.0 Å². The van der Waals surface area contributed by atoms with Crippen molar-refractivity contribution in [3.63, 3.8) is 0 Å². The van der Waals surface area contributed by atoms with Gasteiger partial charge in [-0.1, -0.05) is 6.08 Å². The molecule has 1 aromatic heterocycles. The van der Waals surface area contributed by atoms with Gasteiger partial charge in [-0.25, -0.2) is 4.98 Å². The molecule has 0 aromatic carbocycles. The van der Waals surface area contributed by atoms with Crippen LogP contribution in [0.4, 0.5) is 0 Å². The molecule has 0 saturated heterocycles. The summed E-state index contributed by atoms with van der Waals surface area (Å²) in [5.41, 5.74) is 1.20. The summed E-state index contributed by atoms with van der Waals surface area (Å²) in [6.07, 6.45) is 6.59. The number of aromatic nitrogens is 1. The Morgan fingerprint density at radius 3 is 3.17 bits per heavy atom. The van der Waals surface area contributed by atoms with Gasteiger partial charge in [-0.2, -0.15) is 0 Å². The van der Waals surface area contributed by atoms with Gasteiger partial charge in [0.1, 0.15) is 6.26 Å². The van der Waals surface area contributed by atoms with Crippen molar-refractivity contribution in [3.05, 3.63) is 24.4 Å². The zero-order chi connectivity index (χ0) is 8.39. The van der Waals surface area contributed by atoms with E-state index >= 15 is 0 Å². The number of nitrogens with zero attached hydrogens (tertiary/aromatic N) is 2. The Hall–Kier alpha value is -1.09. The highest BCUT2D eigenvalue weighted by Crippen LogP contribution is 2.17. The van der Waals surface area contributed by atoms with E-state index in [4.69, 9.17) is 4.42 Å². The first-order valence-corrected chi connectivity index (χ1v) is 4.14. The zero-order valence-corrected chi connectivity index (χ0v) is 7.16. The third kappa shape index (κ3) is 1.41. The molecular weight excluding hydrogens is 152 g/mol. The van der Waals surface area contributed by atoms with E-state index in [-0.39, 0.29) is 0 Å². The van der Waals surface area contributed by atoms with Gasteiger partial charge in [0.05, 0.1) is 6.20 Å². The molecule has 2 rings (SSSR count). The van der Waals surface area contributed by atoms with Crippen LogP contribution in [-0.2, 0) is 0 Å². The van der Waals surface area contributed by atoms with Gasteiger partial charge < -0.3 is 9.32 Å². The van der Waals surface area contributed by atoms with Crippen LogP contribution < -0.4 is 0 Å². The maximum absolute atomic E-state index is 5.22. The first-order chi connectivity index (χ1) is 5.86. The molecule has 0 aliphatic carbocycles. The monoisotopic (exact) mass is 164 g/mol. The molecule has 1 aliphatic rings. The number of hydrogen-bond donors (Lipinski definition) is 0. The van der Waals surface area contributed by atoms with E-state index in [0.29, 0.717) is 0 Å². The van der Waals surface area contributed by atoms with E-state index < -0.39 is 0 Å². The minimum Gasteiger partial charge on any atom is -0.445 e. The Kier molecular flexibility index (Phi) is 1.96. The highest BCUT2D eigenvalue weighted by atomic mass is 16.3. The molecule has 3 heteroatoms. The molecule has 0 amide bonds. The normalized spacial score (nSPS) is 19.2. The Bertz CT molecular complexity index is 277. The van der Waals surface area contributed by atoms with Crippen molar-refractivity contribution in [1.82, 2.24) is 9.88 Å². The molecule has 64 valence electrons. The zero-order valence-electron chi connectivity index (χ0n) is 7.16. The first kappa shape index (κ1) is 7.55. The van der Waals surface area contributed by atoms with E-state index in [2.05, 4.69) is 23.0 Å². The van der Waals surface area contributed by atoms with Gasteiger partial charge in [-0.15, -0.1) is 0 Å². The summed E-state index contributed by atoms with van der Waals surface area (Å²) < 4.78 is 5.22. The fourth-order valence-electron chi connectivity index (χ4n) is 1.43. The molecule has 0 spiro atoms. The molecule has 0 saturated carbocycles. The summed E-state index contributed by atoms with van der Waals surface area (Å²) >= 11 is 0. The van der Waals surface area contributed by atoms with E-state index in [1.807, 2.05) is 0 Å². The van der Waals surface area contributed by atoms with Gasteiger partial charge in [0.2, 0.25) is 5.89 Å². The molecule has 0 radical (unpaired) electrons. The standard InChI is InChI=1S/C9H12N2O/c1-11-5-2-3-8(7-11)9-10-4-6-12-9/h3-4,6H,2,5,7H2,1H3. The lowest BCUT2D eigenvalue weighted by Gasteiger charge is -2.20. The minimum absolute atomic E-state index is 0.765. The van der Waals surface area contributed by atoms with Crippen molar-refractivity contribution >= 4 is 5.57 Å². The van der Waals surface area contributed by atoms with E-state index in [1.54, 1.807) is 12.5 Å². The molecule has 12 heavy (non-hydrogen) atoms. The fourth-order valence-corrected chi connectivity index (χ4v) is 1.43. The van der Waals surface area contributed by atoms with Crippen molar-refractivity contribution in [1.29, 1.82) is 0 Å². The van der Waals surface area contributed by atoms with Crippen LogP contribution in [0.5, 0.6) is 0 Å². The summed E-state index contributed by atoms with van der Waals surface area (Å²) in [5.74, 6) is 0.765. The Balaban J connectivity index is 2.19. The molecule has 1 aliphatic heterocycles. The van der Waals surface area contributed by atoms with Crippen LogP contribution in [0, 0.1) is 0 Å². The smallest absolute Gasteiger partial charge is 0.222 e. The second-order valence-electron chi connectivity index (χ2n) is 3.09. The summed E-state index contributed by atoms with van der Waals surface area (Å²) in [6, 6.07) is 0. The number of oxazole rings is 1. The Labute approximate surface area is 71.7 Å². The molecule has 0 bridgehead atoms. The highest BCUT2D eigenvalue weighted by molar-refractivity contribution is 5.60. The largest absolute Gasteiger partial charge is 0.445 e. The molecular formula is C9H12N2O. The molecule has 1 aromatic rings. The molecule has 2 heterocycles. The SMILES string of the molecule is CN1CCC=C(c2ncco2)C1. The number of rotatable bonds is 1. The molecule has 0 unspecified atom stereocenters. The third-order valence-corrected chi connectivity index (χ3v) is 2.05. The maximum Gasteiger partial charge on any atom is 0.222 e. The lowest BCUT2D eigenvalue weighted by Crippen LogP contribution is -2.24. The van der Waals surface area contributed by atoms with Gasteiger partial charge in [0.15, 0.2) is 0 Å². The van der Waals surface area contributed by atoms with Crippen LogP contribution in [0.25, 0.3) is 5.57 Å². The minimum atomic E-state index is 0.765. The van der Waals surface area contributed by atoms with Crippen LogP contribution >= 0.6 is 0 Å². The quantitative estimate of drug-likeness (QED) is 0.628. The van der Waals surface area contributed by atoms with Gasteiger partial charge in [0.25, 0.3) is 0 Å².